The second kappa shape index (κ2) is 7.98. The molecule has 4 nitrogen and oxygen atoms in total. The minimum atomic E-state index is -0.566. The topological polar surface area (TPSA) is 58.2 Å². The highest BCUT2D eigenvalue weighted by atomic mass is 16.2. The van der Waals surface area contributed by atoms with Crippen molar-refractivity contribution < 1.29 is 9.59 Å². The first-order valence-electron chi connectivity index (χ1n) is 7.28. The molecule has 2 aromatic rings. The molecular formula is C18H20N2O2. The van der Waals surface area contributed by atoms with E-state index in [-0.39, 0.29) is 11.8 Å². The molecule has 0 saturated heterocycles. The molecule has 2 rings (SSSR count). The van der Waals surface area contributed by atoms with E-state index >= 15 is 0 Å². The van der Waals surface area contributed by atoms with Crippen LogP contribution in [0.25, 0.3) is 0 Å². The van der Waals surface area contributed by atoms with Crippen LogP contribution in [0.2, 0.25) is 0 Å². The minimum Gasteiger partial charge on any atom is -0.350 e. The van der Waals surface area contributed by atoms with Crippen molar-refractivity contribution in [2.24, 2.45) is 0 Å². The first kappa shape index (κ1) is 15.8. The van der Waals surface area contributed by atoms with Crippen molar-refractivity contribution in [1.29, 1.82) is 0 Å². The van der Waals surface area contributed by atoms with Crippen molar-refractivity contribution in [2.45, 2.75) is 25.9 Å². The largest absolute Gasteiger partial charge is 0.350 e. The molecule has 0 spiro atoms. The first-order valence-corrected chi connectivity index (χ1v) is 7.28. The molecule has 0 aliphatic heterocycles. The van der Waals surface area contributed by atoms with Gasteiger partial charge in [-0.3, -0.25) is 9.59 Å². The van der Waals surface area contributed by atoms with Gasteiger partial charge in [-0.05, 0) is 11.1 Å². The van der Waals surface area contributed by atoms with Gasteiger partial charge in [0.05, 0.1) is 0 Å². The Bertz CT molecular complexity index is 611. The van der Waals surface area contributed by atoms with Crippen molar-refractivity contribution in [1.82, 2.24) is 10.6 Å². The summed E-state index contributed by atoms with van der Waals surface area (Å²) in [6.45, 7) is 1.87. The van der Waals surface area contributed by atoms with Gasteiger partial charge in [-0.15, -0.1) is 0 Å². The fourth-order valence-electron chi connectivity index (χ4n) is 2.21. The molecule has 2 aromatic carbocycles. The summed E-state index contributed by atoms with van der Waals surface area (Å²) in [5.41, 5.74) is 2.04. The molecule has 0 aliphatic carbocycles. The zero-order chi connectivity index (χ0) is 15.8. The van der Waals surface area contributed by atoms with Gasteiger partial charge in [-0.25, -0.2) is 0 Å². The van der Waals surface area contributed by atoms with Crippen molar-refractivity contribution >= 4 is 11.8 Å². The van der Waals surface area contributed by atoms with E-state index in [2.05, 4.69) is 10.6 Å². The van der Waals surface area contributed by atoms with Gasteiger partial charge in [0.15, 0.2) is 0 Å². The molecule has 2 amide bonds. The third kappa shape index (κ3) is 5.05. The lowest BCUT2D eigenvalue weighted by molar-refractivity contribution is -0.128. The summed E-state index contributed by atoms with van der Waals surface area (Å²) >= 11 is 0. The summed E-state index contributed by atoms with van der Waals surface area (Å²) in [4.78, 5) is 23.7. The van der Waals surface area contributed by atoms with E-state index in [9.17, 15) is 9.59 Å². The zero-order valence-corrected chi connectivity index (χ0v) is 12.6. The van der Waals surface area contributed by atoms with Crippen LogP contribution in [0, 0.1) is 0 Å². The number of carbonyl (C=O) groups is 2. The van der Waals surface area contributed by atoms with Crippen LogP contribution in [0.15, 0.2) is 60.7 Å². The van der Waals surface area contributed by atoms with Crippen LogP contribution in [0.5, 0.6) is 0 Å². The van der Waals surface area contributed by atoms with Gasteiger partial charge in [-0.1, -0.05) is 60.7 Å². The maximum atomic E-state index is 12.3. The molecule has 0 aromatic heterocycles. The Hall–Kier alpha value is -2.62. The van der Waals surface area contributed by atoms with E-state index in [4.69, 9.17) is 0 Å². The molecule has 0 bridgehead atoms. The summed E-state index contributed by atoms with van der Waals surface area (Å²) < 4.78 is 0. The van der Waals surface area contributed by atoms with Crippen molar-refractivity contribution in [3.05, 3.63) is 71.8 Å². The number of hydrogen-bond acceptors (Lipinski definition) is 2. The van der Waals surface area contributed by atoms with Crippen LogP contribution in [0.1, 0.15) is 18.1 Å². The average molecular weight is 296 g/mol. The Morgan fingerprint density at radius 3 is 2.00 bits per heavy atom. The molecule has 0 aliphatic rings. The second-order valence-corrected chi connectivity index (χ2v) is 5.15. The van der Waals surface area contributed by atoms with E-state index in [1.165, 1.54) is 6.92 Å². The molecular weight excluding hydrogens is 276 g/mol. The number of benzene rings is 2. The predicted molar refractivity (Wildman–Crippen MR) is 86.0 cm³/mol. The highest BCUT2D eigenvalue weighted by molar-refractivity contribution is 5.87. The number of hydrogen-bond donors (Lipinski definition) is 2. The number of amides is 2. The van der Waals surface area contributed by atoms with E-state index < -0.39 is 6.04 Å². The molecule has 22 heavy (non-hydrogen) atoms. The number of nitrogens with one attached hydrogen (secondary N) is 2. The maximum Gasteiger partial charge on any atom is 0.243 e. The van der Waals surface area contributed by atoms with Crippen molar-refractivity contribution in [2.75, 3.05) is 0 Å². The van der Waals surface area contributed by atoms with E-state index in [1.807, 2.05) is 60.7 Å². The SMILES string of the molecule is CC(=O)N[C@@H](Cc1ccccc1)C(=O)NCc1ccccc1. The van der Waals surface area contributed by atoms with Crippen LogP contribution < -0.4 is 10.6 Å². The summed E-state index contributed by atoms with van der Waals surface area (Å²) in [6, 6.07) is 18.8. The maximum absolute atomic E-state index is 12.3. The molecule has 2 N–H and O–H groups in total. The Labute approximate surface area is 130 Å². The fourth-order valence-corrected chi connectivity index (χ4v) is 2.21. The third-order valence-corrected chi connectivity index (χ3v) is 3.29. The van der Waals surface area contributed by atoms with Gasteiger partial charge >= 0.3 is 0 Å². The van der Waals surface area contributed by atoms with Crippen LogP contribution in [0.3, 0.4) is 0 Å². The molecule has 0 fully saturated rings. The summed E-state index contributed by atoms with van der Waals surface area (Å²) in [7, 11) is 0. The van der Waals surface area contributed by atoms with Gasteiger partial charge in [-0.2, -0.15) is 0 Å². The summed E-state index contributed by atoms with van der Waals surface area (Å²) in [5.74, 6) is -0.390. The second-order valence-electron chi connectivity index (χ2n) is 5.15. The number of carbonyl (C=O) groups excluding carboxylic acids is 2. The van der Waals surface area contributed by atoms with Crippen LogP contribution >= 0.6 is 0 Å². The average Bonchev–Trinajstić information content (AvgIpc) is 2.53. The first-order chi connectivity index (χ1) is 10.6. The molecule has 0 heterocycles. The molecule has 4 heteroatoms. The lowest BCUT2D eigenvalue weighted by Crippen LogP contribution is -2.47. The lowest BCUT2D eigenvalue weighted by Gasteiger charge is -2.18. The van der Waals surface area contributed by atoms with Gasteiger partial charge in [0.1, 0.15) is 6.04 Å². The summed E-state index contributed by atoms with van der Waals surface area (Å²) in [6.07, 6.45) is 0.473. The van der Waals surface area contributed by atoms with E-state index in [1.54, 1.807) is 0 Å². The molecule has 0 radical (unpaired) electrons. The van der Waals surface area contributed by atoms with Gasteiger partial charge in [0, 0.05) is 19.9 Å². The van der Waals surface area contributed by atoms with E-state index in [0.717, 1.165) is 11.1 Å². The quantitative estimate of drug-likeness (QED) is 0.857. The van der Waals surface area contributed by atoms with Crippen LogP contribution in [-0.2, 0) is 22.6 Å². The van der Waals surface area contributed by atoms with Crippen LogP contribution in [-0.4, -0.2) is 17.9 Å². The monoisotopic (exact) mass is 296 g/mol. The Kier molecular flexibility index (Phi) is 5.72. The van der Waals surface area contributed by atoms with E-state index in [0.29, 0.717) is 13.0 Å². The molecule has 0 saturated carbocycles. The standard InChI is InChI=1S/C18H20N2O2/c1-14(21)20-17(12-15-8-4-2-5-9-15)18(22)19-13-16-10-6-3-7-11-16/h2-11,17H,12-13H2,1H3,(H,19,22)(H,20,21)/t17-/m0/s1. The molecule has 0 unspecified atom stereocenters. The Balaban J connectivity index is 1.98. The van der Waals surface area contributed by atoms with Gasteiger partial charge in [0.2, 0.25) is 11.8 Å². The fraction of sp³-hybridized carbons (Fsp3) is 0.222. The summed E-state index contributed by atoms with van der Waals surface area (Å²) in [5, 5.41) is 5.58. The Morgan fingerprint density at radius 2 is 1.45 bits per heavy atom. The highest BCUT2D eigenvalue weighted by Crippen LogP contribution is 2.04. The van der Waals surface area contributed by atoms with Crippen LogP contribution in [0.4, 0.5) is 0 Å². The lowest BCUT2D eigenvalue weighted by atomic mass is 10.1. The predicted octanol–water partition coefficient (Wildman–Crippen LogP) is 2.05. The van der Waals surface area contributed by atoms with Gasteiger partial charge in [0.25, 0.3) is 0 Å². The third-order valence-electron chi connectivity index (χ3n) is 3.29. The zero-order valence-electron chi connectivity index (χ0n) is 12.6. The minimum absolute atomic E-state index is 0.178. The number of rotatable bonds is 6. The smallest absolute Gasteiger partial charge is 0.243 e. The van der Waals surface area contributed by atoms with Crippen molar-refractivity contribution in [3.63, 3.8) is 0 Å². The molecule has 1 atom stereocenters. The molecule has 114 valence electrons. The highest BCUT2D eigenvalue weighted by Gasteiger charge is 2.19. The van der Waals surface area contributed by atoms with Gasteiger partial charge < -0.3 is 10.6 Å². The van der Waals surface area contributed by atoms with Crippen molar-refractivity contribution in [3.8, 4) is 0 Å². The normalized spacial score (nSPS) is 11.5. The Morgan fingerprint density at radius 1 is 0.909 bits per heavy atom.